The fraction of sp³-hybridized carbons (Fsp3) is 0.167. The molecule has 0 spiro atoms. The van der Waals surface area contributed by atoms with E-state index < -0.39 is 6.04 Å². The number of carbonyl (C=O) groups excluding carboxylic acids is 2. The fourth-order valence-corrected chi connectivity index (χ4v) is 5.09. The lowest BCUT2D eigenvalue weighted by molar-refractivity contribution is -0.120. The number of fused-ring (bicyclic) bond motifs is 2. The smallest absolute Gasteiger partial charge is 0.256 e. The number of halogens is 1. The highest BCUT2D eigenvalue weighted by Crippen LogP contribution is 2.30. The molecule has 0 fully saturated rings. The first-order valence-electron chi connectivity index (χ1n) is 12.8. The zero-order valence-electron chi connectivity index (χ0n) is 21.9. The van der Waals surface area contributed by atoms with Gasteiger partial charge in [-0.05, 0) is 66.6 Å². The van der Waals surface area contributed by atoms with Gasteiger partial charge in [0.25, 0.3) is 5.91 Å². The zero-order valence-corrected chi connectivity index (χ0v) is 22.7. The normalized spacial score (nSPS) is 15.1. The van der Waals surface area contributed by atoms with Gasteiger partial charge in [0, 0.05) is 48.5 Å². The highest BCUT2D eigenvalue weighted by atomic mass is 35.5. The molecule has 0 radical (unpaired) electrons. The van der Waals surface area contributed by atoms with Crippen molar-refractivity contribution in [3.05, 3.63) is 107 Å². The summed E-state index contributed by atoms with van der Waals surface area (Å²) in [5.74, 6) is 0.832. The van der Waals surface area contributed by atoms with Gasteiger partial charge in [0.1, 0.15) is 11.9 Å². The average Bonchev–Trinajstić information content (AvgIpc) is 3.21. The Morgan fingerprint density at radius 1 is 1.02 bits per heavy atom. The third-order valence-electron chi connectivity index (χ3n) is 6.96. The van der Waals surface area contributed by atoms with E-state index in [1.165, 1.54) is 0 Å². The maximum absolute atomic E-state index is 13.9. The number of hydrogen-bond acceptors (Lipinski definition) is 6. The molecule has 40 heavy (non-hydrogen) atoms. The second-order valence-electron chi connectivity index (χ2n) is 9.82. The Balaban J connectivity index is 1.35. The van der Waals surface area contributed by atoms with E-state index in [2.05, 4.69) is 25.7 Å². The summed E-state index contributed by atoms with van der Waals surface area (Å²) in [6, 6.07) is 19.5. The van der Waals surface area contributed by atoms with E-state index in [4.69, 9.17) is 11.6 Å². The molecule has 1 aliphatic heterocycles. The SMILES string of the molecule is Cc1ccc(Nc2nn(C)c3cc(CN4C(=O)c5ccc(Cl)cc5NC(=O)C4Cc4ccccn4)ccc23)nc1. The van der Waals surface area contributed by atoms with Crippen molar-refractivity contribution in [2.75, 3.05) is 10.6 Å². The summed E-state index contributed by atoms with van der Waals surface area (Å²) in [5.41, 5.74) is 4.32. The summed E-state index contributed by atoms with van der Waals surface area (Å²) < 4.78 is 1.79. The number of aryl methyl sites for hydroxylation is 2. The average molecular weight is 552 g/mol. The van der Waals surface area contributed by atoms with Crippen molar-refractivity contribution < 1.29 is 9.59 Å². The van der Waals surface area contributed by atoms with Crippen LogP contribution < -0.4 is 10.6 Å². The molecule has 1 unspecified atom stereocenters. The molecule has 0 saturated carbocycles. The Morgan fingerprint density at radius 3 is 2.67 bits per heavy atom. The zero-order chi connectivity index (χ0) is 27.8. The molecule has 3 aromatic heterocycles. The van der Waals surface area contributed by atoms with Gasteiger partial charge in [-0.1, -0.05) is 29.8 Å². The van der Waals surface area contributed by atoms with Gasteiger partial charge in [-0.25, -0.2) is 4.98 Å². The van der Waals surface area contributed by atoms with E-state index in [1.807, 2.05) is 62.5 Å². The predicted molar refractivity (Wildman–Crippen MR) is 155 cm³/mol. The predicted octanol–water partition coefficient (Wildman–Crippen LogP) is 5.27. The van der Waals surface area contributed by atoms with E-state index in [0.29, 0.717) is 33.6 Å². The molecule has 0 saturated heterocycles. The molecule has 1 atom stereocenters. The van der Waals surface area contributed by atoms with Crippen molar-refractivity contribution in [3.63, 3.8) is 0 Å². The minimum atomic E-state index is -0.777. The first-order valence-corrected chi connectivity index (χ1v) is 13.2. The van der Waals surface area contributed by atoms with E-state index in [-0.39, 0.29) is 24.8 Å². The van der Waals surface area contributed by atoms with Gasteiger partial charge in [-0.2, -0.15) is 5.10 Å². The maximum Gasteiger partial charge on any atom is 0.256 e. The number of aromatic nitrogens is 4. The Hall–Kier alpha value is -4.76. The molecule has 4 heterocycles. The van der Waals surface area contributed by atoms with Crippen LogP contribution in [0.3, 0.4) is 0 Å². The van der Waals surface area contributed by atoms with Crippen LogP contribution in [0.15, 0.2) is 79.1 Å². The summed E-state index contributed by atoms with van der Waals surface area (Å²) in [5, 5.41) is 12.2. The van der Waals surface area contributed by atoms with Crippen LogP contribution in [0.1, 0.15) is 27.2 Å². The number of nitrogens with one attached hydrogen (secondary N) is 2. The molecule has 0 aliphatic carbocycles. The Kier molecular flexibility index (Phi) is 6.65. The third-order valence-corrected chi connectivity index (χ3v) is 7.20. The van der Waals surface area contributed by atoms with Crippen LogP contribution in [0.5, 0.6) is 0 Å². The molecule has 2 amide bonds. The highest BCUT2D eigenvalue weighted by molar-refractivity contribution is 6.31. The second-order valence-corrected chi connectivity index (χ2v) is 10.3. The molecular weight excluding hydrogens is 526 g/mol. The van der Waals surface area contributed by atoms with Gasteiger partial charge in [-0.15, -0.1) is 0 Å². The Morgan fingerprint density at radius 2 is 1.90 bits per heavy atom. The van der Waals surface area contributed by atoms with Crippen molar-refractivity contribution in [2.45, 2.75) is 25.9 Å². The van der Waals surface area contributed by atoms with Gasteiger partial charge in [0.2, 0.25) is 5.91 Å². The molecule has 0 bridgehead atoms. The van der Waals surface area contributed by atoms with E-state index >= 15 is 0 Å². The molecule has 5 aromatic rings. The highest BCUT2D eigenvalue weighted by Gasteiger charge is 2.36. The number of rotatable bonds is 6. The Bertz CT molecular complexity index is 1740. The van der Waals surface area contributed by atoms with Crippen molar-refractivity contribution in [1.29, 1.82) is 0 Å². The van der Waals surface area contributed by atoms with Crippen molar-refractivity contribution in [1.82, 2.24) is 24.6 Å². The fourth-order valence-electron chi connectivity index (χ4n) is 4.92. The number of amides is 2. The van der Waals surface area contributed by atoms with Crippen molar-refractivity contribution in [3.8, 4) is 0 Å². The van der Waals surface area contributed by atoms with Crippen LogP contribution in [0, 0.1) is 6.92 Å². The van der Waals surface area contributed by atoms with Crippen LogP contribution in [0.2, 0.25) is 5.02 Å². The van der Waals surface area contributed by atoms with Crippen LogP contribution in [-0.2, 0) is 24.8 Å². The molecule has 2 N–H and O–H groups in total. The molecule has 10 heteroatoms. The van der Waals surface area contributed by atoms with E-state index in [9.17, 15) is 9.59 Å². The minimum Gasteiger partial charge on any atom is -0.323 e. The van der Waals surface area contributed by atoms with Crippen LogP contribution in [-0.4, -0.2) is 42.5 Å². The summed E-state index contributed by atoms with van der Waals surface area (Å²) in [7, 11) is 1.87. The lowest BCUT2D eigenvalue weighted by Crippen LogP contribution is -2.46. The summed E-state index contributed by atoms with van der Waals surface area (Å²) in [4.78, 5) is 37.8. The first kappa shape index (κ1) is 25.5. The van der Waals surface area contributed by atoms with Gasteiger partial charge >= 0.3 is 0 Å². The first-order chi connectivity index (χ1) is 19.4. The van der Waals surface area contributed by atoms with E-state index in [0.717, 1.165) is 22.0 Å². The van der Waals surface area contributed by atoms with Gasteiger partial charge in [0.05, 0.1) is 16.8 Å². The topological polar surface area (TPSA) is 105 Å². The van der Waals surface area contributed by atoms with Crippen molar-refractivity contribution in [2.24, 2.45) is 7.05 Å². The minimum absolute atomic E-state index is 0.217. The molecule has 1 aliphatic rings. The van der Waals surface area contributed by atoms with Crippen LogP contribution in [0.25, 0.3) is 10.9 Å². The number of carbonyl (C=O) groups is 2. The van der Waals surface area contributed by atoms with Crippen LogP contribution >= 0.6 is 11.6 Å². The Labute approximate surface area is 235 Å². The quantitative estimate of drug-likeness (QED) is 0.298. The summed E-state index contributed by atoms with van der Waals surface area (Å²) in [6.07, 6.45) is 3.75. The number of hydrogen-bond donors (Lipinski definition) is 2. The van der Waals surface area contributed by atoms with Gasteiger partial charge in [0.15, 0.2) is 5.82 Å². The van der Waals surface area contributed by atoms with Gasteiger partial charge in [-0.3, -0.25) is 19.3 Å². The lowest BCUT2D eigenvalue weighted by Gasteiger charge is -2.28. The van der Waals surface area contributed by atoms with Crippen molar-refractivity contribution >= 4 is 51.6 Å². The number of benzene rings is 2. The summed E-state index contributed by atoms with van der Waals surface area (Å²) in [6.45, 7) is 2.21. The monoisotopic (exact) mass is 551 g/mol. The largest absolute Gasteiger partial charge is 0.323 e. The third kappa shape index (κ3) is 4.99. The van der Waals surface area contributed by atoms with Gasteiger partial charge < -0.3 is 15.5 Å². The van der Waals surface area contributed by atoms with Crippen LogP contribution in [0.4, 0.5) is 17.3 Å². The number of pyridine rings is 2. The molecule has 200 valence electrons. The molecule has 9 nitrogen and oxygen atoms in total. The number of anilines is 3. The summed E-state index contributed by atoms with van der Waals surface area (Å²) >= 11 is 6.18. The second kappa shape index (κ2) is 10.4. The standard InChI is InChI=1S/C30H26ClN7O2/c1-18-6-11-27(33-16-18)35-28-23-9-7-19(13-25(23)37(2)36-28)17-38-26(15-21-5-3-4-12-32-21)29(39)34-24-14-20(31)8-10-22(24)30(38)40/h3-14,16,26H,15,17H2,1-2H3,(H,34,39)(H,33,35,36). The van der Waals surface area contributed by atoms with E-state index in [1.54, 1.807) is 40.2 Å². The lowest BCUT2D eigenvalue weighted by atomic mass is 10.1. The maximum atomic E-state index is 13.9. The molecule has 6 rings (SSSR count). The molecule has 2 aromatic carbocycles. The molecular formula is C30H26ClN7O2. The number of nitrogens with zero attached hydrogens (tertiary/aromatic N) is 5.